The van der Waals surface area contributed by atoms with Crippen molar-refractivity contribution in [2.45, 2.75) is 29.7 Å². The average molecular weight is 324 g/mol. The molecule has 0 saturated carbocycles. The van der Waals surface area contributed by atoms with E-state index < -0.39 is 9.96 Å². The topological polar surface area (TPSA) is 41.1 Å². The third-order valence-electron chi connectivity index (χ3n) is 2.56. The standard InChI is InChI=1S/C13H17Cl3N2O/c1-2-11(19)18-12(13(14,15)16)17-9-8-10-6-4-3-5-7-10/h3-7,12,17H,2,8-9H2,1H3,(H,18,19)/t12-/m0/s1. The largest absolute Gasteiger partial charge is 0.337 e. The van der Waals surface area contributed by atoms with Crippen LogP contribution in [0.1, 0.15) is 18.9 Å². The van der Waals surface area contributed by atoms with E-state index in [-0.39, 0.29) is 5.91 Å². The Labute approximate surface area is 128 Å². The molecule has 0 radical (unpaired) electrons. The molecule has 2 N–H and O–H groups in total. The Morgan fingerprint density at radius 1 is 1.26 bits per heavy atom. The van der Waals surface area contributed by atoms with Gasteiger partial charge in [-0.25, -0.2) is 0 Å². The Morgan fingerprint density at radius 3 is 2.42 bits per heavy atom. The first-order valence-corrected chi connectivity index (χ1v) is 7.20. The van der Waals surface area contributed by atoms with Gasteiger partial charge in [0, 0.05) is 13.0 Å². The van der Waals surface area contributed by atoms with Crippen LogP contribution in [0.15, 0.2) is 30.3 Å². The molecule has 106 valence electrons. The molecule has 0 aliphatic rings. The first kappa shape index (κ1) is 16.6. The predicted octanol–water partition coefficient (Wildman–Crippen LogP) is 3.04. The van der Waals surface area contributed by atoms with E-state index in [9.17, 15) is 4.79 Å². The minimum absolute atomic E-state index is 0.163. The third-order valence-corrected chi connectivity index (χ3v) is 3.21. The summed E-state index contributed by atoms with van der Waals surface area (Å²) in [6, 6.07) is 9.96. The van der Waals surface area contributed by atoms with Gasteiger partial charge in [-0.15, -0.1) is 0 Å². The number of hydrogen-bond donors (Lipinski definition) is 2. The molecule has 0 aromatic heterocycles. The van der Waals surface area contributed by atoms with Crippen LogP contribution in [0.25, 0.3) is 0 Å². The van der Waals surface area contributed by atoms with Crippen molar-refractivity contribution in [3.63, 3.8) is 0 Å². The smallest absolute Gasteiger partial charge is 0.223 e. The second kappa shape index (κ2) is 7.95. The number of amides is 1. The highest BCUT2D eigenvalue weighted by molar-refractivity contribution is 6.68. The number of carbonyl (C=O) groups is 1. The summed E-state index contributed by atoms with van der Waals surface area (Å²) in [5.41, 5.74) is 1.18. The molecular formula is C13H17Cl3N2O. The van der Waals surface area contributed by atoms with E-state index in [2.05, 4.69) is 10.6 Å². The van der Waals surface area contributed by atoms with Gasteiger partial charge in [-0.05, 0) is 12.0 Å². The Balaban J connectivity index is 2.47. The summed E-state index contributed by atoms with van der Waals surface area (Å²) in [5.74, 6) is -0.163. The van der Waals surface area contributed by atoms with E-state index >= 15 is 0 Å². The van der Waals surface area contributed by atoms with E-state index in [4.69, 9.17) is 34.8 Å². The second-order valence-corrected chi connectivity index (χ2v) is 6.45. The van der Waals surface area contributed by atoms with Crippen LogP contribution in [0.2, 0.25) is 0 Å². The molecule has 1 atom stereocenters. The molecule has 1 amide bonds. The van der Waals surface area contributed by atoms with Crippen LogP contribution in [-0.4, -0.2) is 22.4 Å². The van der Waals surface area contributed by atoms with Gasteiger partial charge in [0.1, 0.15) is 6.17 Å². The zero-order valence-corrected chi connectivity index (χ0v) is 12.9. The molecule has 0 aliphatic heterocycles. The highest BCUT2D eigenvalue weighted by Crippen LogP contribution is 2.29. The van der Waals surface area contributed by atoms with Crippen molar-refractivity contribution in [3.8, 4) is 0 Å². The number of alkyl halides is 3. The van der Waals surface area contributed by atoms with Gasteiger partial charge in [-0.3, -0.25) is 10.1 Å². The maximum absolute atomic E-state index is 11.4. The van der Waals surface area contributed by atoms with Crippen molar-refractivity contribution >= 4 is 40.7 Å². The number of benzene rings is 1. The van der Waals surface area contributed by atoms with Crippen LogP contribution < -0.4 is 10.6 Å². The summed E-state index contributed by atoms with van der Waals surface area (Å²) in [6.45, 7) is 2.35. The van der Waals surface area contributed by atoms with Gasteiger partial charge < -0.3 is 5.32 Å². The normalized spacial score (nSPS) is 13.1. The zero-order chi connectivity index (χ0) is 14.3. The Kier molecular flexibility index (Phi) is 6.94. The molecular weight excluding hydrogens is 307 g/mol. The molecule has 6 heteroatoms. The maximum Gasteiger partial charge on any atom is 0.223 e. The summed E-state index contributed by atoms with van der Waals surface area (Å²) in [7, 11) is 0. The first-order chi connectivity index (χ1) is 8.93. The van der Waals surface area contributed by atoms with Crippen LogP contribution in [0.5, 0.6) is 0 Å². The monoisotopic (exact) mass is 322 g/mol. The molecule has 3 nitrogen and oxygen atoms in total. The maximum atomic E-state index is 11.4. The molecule has 0 aliphatic carbocycles. The molecule has 0 unspecified atom stereocenters. The second-order valence-electron chi connectivity index (χ2n) is 4.09. The van der Waals surface area contributed by atoms with Crippen molar-refractivity contribution in [1.82, 2.24) is 10.6 Å². The van der Waals surface area contributed by atoms with Gasteiger partial charge in [0.2, 0.25) is 9.70 Å². The quantitative estimate of drug-likeness (QED) is 0.624. The third kappa shape index (κ3) is 6.48. The minimum atomic E-state index is -1.58. The van der Waals surface area contributed by atoms with Gasteiger partial charge in [0.25, 0.3) is 0 Å². The first-order valence-electron chi connectivity index (χ1n) is 6.07. The van der Waals surface area contributed by atoms with Gasteiger partial charge in [0.05, 0.1) is 0 Å². The zero-order valence-electron chi connectivity index (χ0n) is 10.6. The van der Waals surface area contributed by atoms with Gasteiger partial charge in [0.15, 0.2) is 0 Å². The van der Waals surface area contributed by atoms with Crippen LogP contribution in [0, 0.1) is 0 Å². The number of rotatable bonds is 6. The molecule has 0 heterocycles. The number of hydrogen-bond acceptors (Lipinski definition) is 2. The Hall–Kier alpha value is -0.480. The van der Waals surface area contributed by atoms with Crippen LogP contribution in [0.3, 0.4) is 0 Å². The fourth-order valence-corrected chi connectivity index (χ4v) is 1.91. The van der Waals surface area contributed by atoms with Crippen LogP contribution in [0.4, 0.5) is 0 Å². The summed E-state index contributed by atoms with van der Waals surface area (Å²) in [6.07, 6.45) is 0.436. The molecule has 0 bridgehead atoms. The van der Waals surface area contributed by atoms with E-state index in [1.54, 1.807) is 6.92 Å². The predicted molar refractivity (Wildman–Crippen MR) is 80.7 cm³/mol. The highest BCUT2D eigenvalue weighted by atomic mass is 35.6. The van der Waals surface area contributed by atoms with Gasteiger partial charge in [-0.2, -0.15) is 0 Å². The summed E-state index contributed by atoms with van der Waals surface area (Å²) in [4.78, 5) is 11.4. The Bertz CT molecular complexity index is 393. The summed E-state index contributed by atoms with van der Waals surface area (Å²) in [5, 5.41) is 5.69. The molecule has 0 fully saturated rings. The van der Waals surface area contributed by atoms with E-state index in [1.807, 2.05) is 30.3 Å². The van der Waals surface area contributed by atoms with Gasteiger partial charge in [-0.1, -0.05) is 72.1 Å². The number of halogens is 3. The van der Waals surface area contributed by atoms with E-state index in [1.165, 1.54) is 5.56 Å². The van der Waals surface area contributed by atoms with Crippen molar-refractivity contribution in [2.75, 3.05) is 6.54 Å². The lowest BCUT2D eigenvalue weighted by Gasteiger charge is -2.26. The lowest BCUT2D eigenvalue weighted by molar-refractivity contribution is -0.121. The van der Waals surface area contributed by atoms with E-state index in [0.29, 0.717) is 13.0 Å². The van der Waals surface area contributed by atoms with Crippen LogP contribution in [-0.2, 0) is 11.2 Å². The minimum Gasteiger partial charge on any atom is -0.337 e. The molecule has 1 rings (SSSR count). The molecule has 1 aromatic rings. The fourth-order valence-electron chi connectivity index (χ4n) is 1.52. The van der Waals surface area contributed by atoms with Crippen molar-refractivity contribution in [2.24, 2.45) is 0 Å². The summed E-state index contributed by atoms with van der Waals surface area (Å²) < 4.78 is -1.58. The lowest BCUT2D eigenvalue weighted by Crippen LogP contribution is -2.53. The molecule has 0 spiro atoms. The molecule has 0 saturated heterocycles. The van der Waals surface area contributed by atoms with Crippen molar-refractivity contribution in [1.29, 1.82) is 0 Å². The molecule has 19 heavy (non-hydrogen) atoms. The molecule has 1 aromatic carbocycles. The van der Waals surface area contributed by atoms with Crippen molar-refractivity contribution in [3.05, 3.63) is 35.9 Å². The van der Waals surface area contributed by atoms with E-state index in [0.717, 1.165) is 6.42 Å². The highest BCUT2D eigenvalue weighted by Gasteiger charge is 2.33. The SMILES string of the molecule is CCC(=O)N[C@H](NCCc1ccccc1)C(Cl)(Cl)Cl. The average Bonchev–Trinajstić information content (AvgIpc) is 2.37. The van der Waals surface area contributed by atoms with Crippen LogP contribution >= 0.6 is 34.8 Å². The Morgan fingerprint density at radius 2 is 1.89 bits per heavy atom. The van der Waals surface area contributed by atoms with Crippen molar-refractivity contribution < 1.29 is 4.79 Å². The fraction of sp³-hybridized carbons (Fsp3) is 0.462. The number of nitrogens with one attached hydrogen (secondary N) is 2. The lowest BCUT2D eigenvalue weighted by atomic mass is 10.1. The summed E-state index contributed by atoms with van der Waals surface area (Å²) >= 11 is 17.5. The van der Waals surface area contributed by atoms with Gasteiger partial charge >= 0.3 is 0 Å². The number of carbonyl (C=O) groups excluding carboxylic acids is 1.